The second kappa shape index (κ2) is 13.7. The first kappa shape index (κ1) is 30.1. The summed E-state index contributed by atoms with van der Waals surface area (Å²) in [6.45, 7) is 9.28. The highest BCUT2D eigenvalue weighted by Gasteiger charge is 2.34. The zero-order valence-electron chi connectivity index (χ0n) is 24.6. The highest BCUT2D eigenvalue weighted by molar-refractivity contribution is 6.01. The molecule has 0 unspecified atom stereocenters. The van der Waals surface area contributed by atoms with Crippen molar-refractivity contribution >= 4 is 17.6 Å². The summed E-state index contributed by atoms with van der Waals surface area (Å²) in [7, 11) is 2.06. The standard InChI is InChI=1S/C33H42N4O4/c1-22(2)34-33(40)35-29-13-9-12-28-31(29)41-30(23(3)18-37(32(28)39)24(4)21-38)20-36(5)19-25-14-16-27(17-15-25)26-10-7-6-8-11-26/h6-17,22-24,30,38H,18-21H2,1-5H3,(H2,34,35,40)/t23-,24-,30-/m1/s1. The number of hydrogen-bond donors (Lipinski definition) is 3. The first-order chi connectivity index (χ1) is 19.7. The van der Waals surface area contributed by atoms with Crippen LogP contribution >= 0.6 is 0 Å². The van der Waals surface area contributed by atoms with Crippen molar-refractivity contribution in [2.45, 2.75) is 52.4 Å². The van der Waals surface area contributed by atoms with Crippen molar-refractivity contribution in [3.63, 3.8) is 0 Å². The monoisotopic (exact) mass is 558 g/mol. The molecular formula is C33H42N4O4. The maximum atomic E-state index is 13.6. The minimum Gasteiger partial charge on any atom is -0.486 e. The van der Waals surface area contributed by atoms with Gasteiger partial charge < -0.3 is 25.4 Å². The van der Waals surface area contributed by atoms with Gasteiger partial charge in [-0.25, -0.2) is 4.79 Å². The van der Waals surface area contributed by atoms with Crippen LogP contribution in [0.2, 0.25) is 0 Å². The lowest BCUT2D eigenvalue weighted by Gasteiger charge is -2.38. The molecule has 1 aliphatic rings. The molecule has 0 bridgehead atoms. The molecule has 3 aromatic carbocycles. The average molecular weight is 559 g/mol. The van der Waals surface area contributed by atoms with Crippen LogP contribution in [0.1, 0.15) is 43.6 Å². The lowest BCUT2D eigenvalue weighted by atomic mass is 9.98. The topological polar surface area (TPSA) is 94.1 Å². The highest BCUT2D eigenvalue weighted by Crippen LogP contribution is 2.35. The lowest BCUT2D eigenvalue weighted by Crippen LogP contribution is -2.49. The van der Waals surface area contributed by atoms with Gasteiger partial charge in [-0.2, -0.15) is 0 Å². The van der Waals surface area contributed by atoms with Gasteiger partial charge in [0.1, 0.15) is 6.10 Å². The van der Waals surface area contributed by atoms with Crippen LogP contribution in [-0.2, 0) is 6.54 Å². The smallest absolute Gasteiger partial charge is 0.319 e. The number of carbonyl (C=O) groups is 2. The molecule has 0 spiro atoms. The SMILES string of the molecule is CC(C)NC(=O)Nc1cccc2c1O[C@H](CN(C)Cc1ccc(-c3ccccc3)cc1)[C@H](C)CN([C@H](C)CO)C2=O. The van der Waals surface area contributed by atoms with E-state index >= 15 is 0 Å². The molecule has 8 nitrogen and oxygen atoms in total. The van der Waals surface area contributed by atoms with Crippen LogP contribution in [-0.4, -0.2) is 71.8 Å². The maximum absolute atomic E-state index is 13.6. The number of nitrogens with zero attached hydrogens (tertiary/aromatic N) is 2. The third kappa shape index (κ3) is 7.65. The number of benzene rings is 3. The number of para-hydroxylation sites is 1. The Morgan fingerprint density at radius 3 is 2.37 bits per heavy atom. The van der Waals surface area contributed by atoms with Gasteiger partial charge in [-0.15, -0.1) is 0 Å². The van der Waals surface area contributed by atoms with E-state index in [0.717, 1.165) is 6.54 Å². The summed E-state index contributed by atoms with van der Waals surface area (Å²) in [6, 6.07) is 23.3. The number of aliphatic hydroxyl groups excluding tert-OH is 1. The quantitative estimate of drug-likeness (QED) is 0.334. The van der Waals surface area contributed by atoms with Crippen molar-refractivity contribution in [1.82, 2.24) is 15.1 Å². The van der Waals surface area contributed by atoms with Crippen molar-refractivity contribution in [3.8, 4) is 16.9 Å². The second-order valence-electron chi connectivity index (χ2n) is 11.3. The van der Waals surface area contributed by atoms with Crippen molar-refractivity contribution in [2.24, 2.45) is 5.92 Å². The van der Waals surface area contributed by atoms with Crippen molar-refractivity contribution in [2.75, 3.05) is 32.1 Å². The lowest BCUT2D eigenvalue weighted by molar-refractivity contribution is 0.0343. The molecule has 4 rings (SSSR count). The highest BCUT2D eigenvalue weighted by atomic mass is 16.5. The fraction of sp³-hybridized carbons (Fsp3) is 0.394. The van der Waals surface area contributed by atoms with Crippen LogP contribution in [0.25, 0.3) is 11.1 Å². The number of anilines is 1. The van der Waals surface area contributed by atoms with Gasteiger partial charge in [-0.1, -0.05) is 67.6 Å². The number of rotatable bonds is 9. The summed E-state index contributed by atoms with van der Waals surface area (Å²) < 4.78 is 6.61. The predicted molar refractivity (Wildman–Crippen MR) is 163 cm³/mol. The molecule has 0 saturated carbocycles. The molecule has 3 N–H and O–H groups in total. The summed E-state index contributed by atoms with van der Waals surface area (Å²) in [5.41, 5.74) is 4.34. The molecule has 1 heterocycles. The van der Waals surface area contributed by atoms with E-state index in [4.69, 9.17) is 4.74 Å². The number of hydrogen-bond acceptors (Lipinski definition) is 5. The van der Waals surface area contributed by atoms with Crippen LogP contribution in [0.5, 0.6) is 5.75 Å². The zero-order valence-corrected chi connectivity index (χ0v) is 24.6. The number of fused-ring (bicyclic) bond motifs is 1. The Morgan fingerprint density at radius 2 is 1.71 bits per heavy atom. The first-order valence-corrected chi connectivity index (χ1v) is 14.3. The van der Waals surface area contributed by atoms with Gasteiger partial charge in [-0.3, -0.25) is 9.69 Å². The fourth-order valence-electron chi connectivity index (χ4n) is 5.10. The average Bonchev–Trinajstić information content (AvgIpc) is 2.95. The van der Waals surface area contributed by atoms with Crippen LogP contribution in [0.3, 0.4) is 0 Å². The predicted octanol–water partition coefficient (Wildman–Crippen LogP) is 5.24. The molecular weight excluding hydrogens is 516 g/mol. The molecule has 0 aromatic heterocycles. The molecule has 1 aliphatic heterocycles. The second-order valence-corrected chi connectivity index (χ2v) is 11.3. The molecule has 3 aromatic rings. The summed E-state index contributed by atoms with van der Waals surface area (Å²) in [5, 5.41) is 15.6. The van der Waals surface area contributed by atoms with Gasteiger partial charge in [0.15, 0.2) is 5.75 Å². The van der Waals surface area contributed by atoms with Crippen LogP contribution in [0.15, 0.2) is 72.8 Å². The molecule has 41 heavy (non-hydrogen) atoms. The molecule has 8 heteroatoms. The van der Waals surface area contributed by atoms with E-state index in [1.54, 1.807) is 23.1 Å². The van der Waals surface area contributed by atoms with E-state index in [9.17, 15) is 14.7 Å². The molecule has 3 amide bonds. The van der Waals surface area contributed by atoms with E-state index in [1.165, 1.54) is 16.7 Å². The third-order valence-corrected chi connectivity index (χ3v) is 7.36. The Labute approximate surface area is 243 Å². The van der Waals surface area contributed by atoms with Gasteiger partial charge in [0.25, 0.3) is 5.91 Å². The number of carbonyl (C=O) groups excluding carboxylic acids is 2. The van der Waals surface area contributed by atoms with Gasteiger partial charge in [0.2, 0.25) is 0 Å². The largest absolute Gasteiger partial charge is 0.486 e. The Morgan fingerprint density at radius 1 is 1.02 bits per heavy atom. The van der Waals surface area contributed by atoms with E-state index in [1.807, 2.05) is 39.0 Å². The van der Waals surface area contributed by atoms with Crippen LogP contribution in [0.4, 0.5) is 10.5 Å². The van der Waals surface area contributed by atoms with Crippen molar-refractivity contribution < 1.29 is 19.4 Å². The fourth-order valence-corrected chi connectivity index (χ4v) is 5.10. The Balaban J connectivity index is 1.57. The molecule has 218 valence electrons. The minimum absolute atomic E-state index is 0.0402. The molecule has 3 atom stereocenters. The summed E-state index contributed by atoms with van der Waals surface area (Å²) >= 11 is 0. The van der Waals surface area contributed by atoms with Crippen LogP contribution < -0.4 is 15.4 Å². The maximum Gasteiger partial charge on any atom is 0.319 e. The number of amides is 3. The van der Waals surface area contributed by atoms with Crippen molar-refractivity contribution in [1.29, 1.82) is 0 Å². The van der Waals surface area contributed by atoms with Crippen molar-refractivity contribution in [3.05, 3.63) is 83.9 Å². The summed E-state index contributed by atoms with van der Waals surface area (Å²) in [6.07, 6.45) is -0.278. The first-order valence-electron chi connectivity index (χ1n) is 14.3. The molecule has 0 saturated heterocycles. The number of likely N-dealkylation sites (N-methyl/N-ethyl adjacent to an activating group) is 1. The minimum atomic E-state index is -0.368. The summed E-state index contributed by atoms with van der Waals surface area (Å²) in [4.78, 5) is 30.2. The Hall–Kier alpha value is -3.88. The molecule has 0 fully saturated rings. The van der Waals surface area contributed by atoms with E-state index in [2.05, 4.69) is 65.9 Å². The van der Waals surface area contributed by atoms with Gasteiger partial charge in [0.05, 0.1) is 23.9 Å². The van der Waals surface area contributed by atoms with E-state index < -0.39 is 0 Å². The third-order valence-electron chi connectivity index (χ3n) is 7.36. The van der Waals surface area contributed by atoms with E-state index in [0.29, 0.717) is 30.1 Å². The van der Waals surface area contributed by atoms with Crippen LogP contribution in [0, 0.1) is 5.92 Å². The zero-order chi connectivity index (χ0) is 29.5. The Bertz CT molecular complexity index is 1310. The van der Waals surface area contributed by atoms with Gasteiger partial charge in [-0.05, 0) is 56.6 Å². The number of urea groups is 1. The number of nitrogens with one attached hydrogen (secondary N) is 2. The van der Waals surface area contributed by atoms with Gasteiger partial charge >= 0.3 is 6.03 Å². The Kier molecular flexibility index (Phi) is 10.0. The van der Waals surface area contributed by atoms with E-state index in [-0.39, 0.29) is 42.7 Å². The normalized spacial score (nSPS) is 17.9. The number of aliphatic hydroxyl groups is 1. The molecule has 0 aliphatic carbocycles. The van der Waals surface area contributed by atoms with Gasteiger partial charge in [0, 0.05) is 31.6 Å². The summed E-state index contributed by atoms with van der Waals surface area (Å²) in [5.74, 6) is 0.0805. The molecule has 0 radical (unpaired) electrons. The number of ether oxygens (including phenoxy) is 1.